The van der Waals surface area contributed by atoms with Gasteiger partial charge in [-0.3, -0.25) is 9.58 Å². The van der Waals surface area contributed by atoms with Gasteiger partial charge in [-0.05, 0) is 36.9 Å². The van der Waals surface area contributed by atoms with Gasteiger partial charge in [0.2, 0.25) is 0 Å². The van der Waals surface area contributed by atoms with Crippen molar-refractivity contribution < 1.29 is 4.79 Å². The first kappa shape index (κ1) is 20.8. The number of benzene rings is 2. The number of nitrogens with zero attached hydrogens (tertiary/aromatic N) is 3. The Balaban J connectivity index is 1.17. The predicted octanol–water partition coefficient (Wildman–Crippen LogP) is 3.76. The van der Waals surface area contributed by atoms with E-state index in [1.165, 1.54) is 17.7 Å². The number of carbonyl (C=O) groups is 1. The lowest BCUT2D eigenvalue weighted by molar-refractivity contribution is 0.0294. The quantitative estimate of drug-likeness (QED) is 0.627. The molecule has 3 saturated heterocycles. The van der Waals surface area contributed by atoms with Gasteiger partial charge < -0.3 is 10.6 Å². The SMILES string of the molecule is Cn1nc(-c2ccccc2)cc1C1CN2CCC1CC2CNC(=O)NCc1ccccc1. The molecule has 4 unspecified atom stereocenters. The summed E-state index contributed by atoms with van der Waals surface area (Å²) in [6.45, 7) is 3.40. The van der Waals surface area contributed by atoms with Crippen molar-refractivity contribution in [2.45, 2.75) is 31.3 Å². The third kappa shape index (κ3) is 4.41. The zero-order valence-electron chi connectivity index (χ0n) is 18.6. The molecule has 3 aliphatic rings. The van der Waals surface area contributed by atoms with Crippen molar-refractivity contribution in [3.63, 3.8) is 0 Å². The molecule has 0 aliphatic carbocycles. The molecule has 1 aromatic heterocycles. The van der Waals surface area contributed by atoms with Crippen molar-refractivity contribution in [1.82, 2.24) is 25.3 Å². The molecule has 0 saturated carbocycles. The fraction of sp³-hybridized carbons (Fsp3) is 0.385. The zero-order chi connectivity index (χ0) is 21.9. The number of piperidine rings is 3. The Hall–Kier alpha value is -3.12. The molecular formula is C26H31N5O. The average molecular weight is 430 g/mol. The Bertz CT molecular complexity index is 1050. The molecule has 32 heavy (non-hydrogen) atoms. The maximum Gasteiger partial charge on any atom is 0.315 e. The number of aryl methyl sites for hydroxylation is 1. The van der Waals surface area contributed by atoms with Crippen LogP contribution in [0.5, 0.6) is 0 Å². The van der Waals surface area contributed by atoms with Gasteiger partial charge in [-0.15, -0.1) is 0 Å². The molecule has 6 nitrogen and oxygen atoms in total. The van der Waals surface area contributed by atoms with E-state index in [9.17, 15) is 4.79 Å². The Morgan fingerprint density at radius 1 is 1.06 bits per heavy atom. The van der Waals surface area contributed by atoms with Crippen LogP contribution >= 0.6 is 0 Å². The minimum absolute atomic E-state index is 0.0906. The van der Waals surface area contributed by atoms with Crippen LogP contribution in [0.2, 0.25) is 0 Å². The van der Waals surface area contributed by atoms with E-state index in [1.807, 2.05) is 36.4 Å². The van der Waals surface area contributed by atoms with E-state index >= 15 is 0 Å². The van der Waals surface area contributed by atoms with Gasteiger partial charge in [-0.2, -0.15) is 5.10 Å². The van der Waals surface area contributed by atoms with Crippen LogP contribution in [0, 0.1) is 5.92 Å². The van der Waals surface area contributed by atoms with Crippen LogP contribution in [0.1, 0.15) is 30.0 Å². The summed E-state index contributed by atoms with van der Waals surface area (Å²) in [6.07, 6.45) is 2.34. The van der Waals surface area contributed by atoms with E-state index in [0.717, 1.165) is 30.8 Å². The van der Waals surface area contributed by atoms with Crippen molar-refractivity contribution in [3.05, 3.63) is 78.0 Å². The first-order chi connectivity index (χ1) is 15.7. The van der Waals surface area contributed by atoms with Gasteiger partial charge in [0.05, 0.1) is 5.69 Å². The molecule has 6 rings (SSSR count). The Kier molecular flexibility index (Phi) is 5.95. The lowest BCUT2D eigenvalue weighted by atomic mass is 9.74. The zero-order valence-corrected chi connectivity index (χ0v) is 18.6. The van der Waals surface area contributed by atoms with E-state index in [-0.39, 0.29) is 6.03 Å². The molecule has 2 amide bonds. The predicted molar refractivity (Wildman–Crippen MR) is 126 cm³/mol. The second-order valence-corrected chi connectivity index (χ2v) is 9.03. The number of urea groups is 1. The van der Waals surface area contributed by atoms with Crippen molar-refractivity contribution >= 4 is 6.03 Å². The lowest BCUT2D eigenvalue weighted by Crippen LogP contribution is -2.56. The molecule has 3 aliphatic heterocycles. The van der Waals surface area contributed by atoms with E-state index in [2.05, 4.69) is 57.6 Å². The monoisotopic (exact) mass is 429 g/mol. The van der Waals surface area contributed by atoms with Crippen LogP contribution in [0.25, 0.3) is 11.3 Å². The highest BCUT2D eigenvalue weighted by molar-refractivity contribution is 5.73. The standard InChI is InChI=1S/C26H31N5O/c1-30-25(15-24(29-30)20-10-6-3-7-11-20)23-18-31-13-12-21(23)14-22(31)17-28-26(32)27-16-19-8-4-2-5-9-19/h2-11,15,21-23H,12-14,16-18H2,1H3,(H2,27,28,32). The molecule has 2 aromatic carbocycles. The summed E-state index contributed by atoms with van der Waals surface area (Å²) >= 11 is 0. The minimum atomic E-state index is -0.0906. The van der Waals surface area contributed by atoms with Crippen LogP contribution in [-0.4, -0.2) is 46.4 Å². The summed E-state index contributed by atoms with van der Waals surface area (Å²) in [4.78, 5) is 14.8. The van der Waals surface area contributed by atoms with Crippen LogP contribution < -0.4 is 10.6 Å². The second-order valence-electron chi connectivity index (χ2n) is 9.03. The number of carbonyl (C=O) groups excluding carboxylic acids is 1. The van der Waals surface area contributed by atoms with E-state index in [1.54, 1.807) is 0 Å². The Morgan fingerprint density at radius 2 is 1.81 bits per heavy atom. The second kappa shape index (κ2) is 9.17. The molecule has 0 radical (unpaired) electrons. The molecular weight excluding hydrogens is 398 g/mol. The summed E-state index contributed by atoms with van der Waals surface area (Å²) in [6, 6.07) is 23.0. The average Bonchev–Trinajstić information content (AvgIpc) is 3.24. The van der Waals surface area contributed by atoms with Gasteiger partial charge in [0, 0.05) is 49.9 Å². The Morgan fingerprint density at radius 3 is 2.53 bits per heavy atom. The molecule has 166 valence electrons. The van der Waals surface area contributed by atoms with Gasteiger partial charge in [0.15, 0.2) is 0 Å². The molecule has 3 aromatic rings. The van der Waals surface area contributed by atoms with E-state index in [4.69, 9.17) is 5.10 Å². The van der Waals surface area contributed by atoms with Gasteiger partial charge in [-0.25, -0.2) is 4.79 Å². The van der Waals surface area contributed by atoms with Crippen molar-refractivity contribution in [3.8, 4) is 11.3 Å². The summed E-state index contributed by atoms with van der Waals surface area (Å²) in [5, 5.41) is 10.8. The Labute approximate surface area is 189 Å². The van der Waals surface area contributed by atoms with Gasteiger partial charge in [0.1, 0.15) is 0 Å². The largest absolute Gasteiger partial charge is 0.337 e. The smallest absolute Gasteiger partial charge is 0.315 e. The number of amides is 2. The van der Waals surface area contributed by atoms with Crippen LogP contribution in [0.3, 0.4) is 0 Å². The fourth-order valence-corrected chi connectivity index (χ4v) is 5.32. The lowest BCUT2D eigenvalue weighted by Gasteiger charge is -2.49. The van der Waals surface area contributed by atoms with Crippen LogP contribution in [0.15, 0.2) is 66.7 Å². The van der Waals surface area contributed by atoms with Gasteiger partial charge >= 0.3 is 6.03 Å². The maximum atomic E-state index is 12.3. The summed E-state index contributed by atoms with van der Waals surface area (Å²) in [7, 11) is 2.06. The number of hydrogen-bond acceptors (Lipinski definition) is 3. The highest BCUT2D eigenvalue weighted by atomic mass is 16.2. The van der Waals surface area contributed by atoms with Crippen LogP contribution in [-0.2, 0) is 13.6 Å². The number of hydrogen-bond donors (Lipinski definition) is 2. The van der Waals surface area contributed by atoms with Crippen molar-refractivity contribution in [2.24, 2.45) is 13.0 Å². The van der Waals surface area contributed by atoms with Gasteiger partial charge in [-0.1, -0.05) is 60.7 Å². The van der Waals surface area contributed by atoms with E-state index in [0.29, 0.717) is 31.0 Å². The van der Waals surface area contributed by atoms with Crippen molar-refractivity contribution in [2.75, 3.05) is 19.6 Å². The molecule has 4 heterocycles. The maximum absolute atomic E-state index is 12.3. The van der Waals surface area contributed by atoms with Crippen molar-refractivity contribution in [1.29, 1.82) is 0 Å². The number of fused-ring (bicyclic) bond motifs is 3. The van der Waals surface area contributed by atoms with E-state index < -0.39 is 0 Å². The number of nitrogens with one attached hydrogen (secondary N) is 2. The van der Waals surface area contributed by atoms with Gasteiger partial charge in [0.25, 0.3) is 0 Å². The summed E-state index contributed by atoms with van der Waals surface area (Å²) in [5.74, 6) is 1.14. The summed E-state index contributed by atoms with van der Waals surface area (Å²) in [5.41, 5.74) is 4.65. The van der Waals surface area contributed by atoms with Crippen LogP contribution in [0.4, 0.5) is 4.79 Å². The minimum Gasteiger partial charge on any atom is -0.337 e. The third-order valence-corrected chi connectivity index (χ3v) is 7.04. The fourth-order valence-electron chi connectivity index (χ4n) is 5.32. The molecule has 2 N–H and O–H groups in total. The first-order valence-corrected chi connectivity index (χ1v) is 11.6. The highest BCUT2D eigenvalue weighted by Gasteiger charge is 2.41. The summed E-state index contributed by atoms with van der Waals surface area (Å²) < 4.78 is 2.07. The normalized spacial score (nSPS) is 24.3. The molecule has 6 heteroatoms. The number of aromatic nitrogens is 2. The molecule has 3 fully saturated rings. The molecule has 4 atom stereocenters. The topological polar surface area (TPSA) is 62.2 Å². The molecule has 0 spiro atoms. The third-order valence-electron chi connectivity index (χ3n) is 7.04. The first-order valence-electron chi connectivity index (χ1n) is 11.6. The molecule has 2 bridgehead atoms. The highest BCUT2D eigenvalue weighted by Crippen LogP contribution is 2.42. The number of rotatable bonds is 6.